The molecular formula is C11H11NO6. The fraction of sp³-hybridized carbons (Fsp3) is 0.273. The normalized spacial score (nSPS) is 13.6. The fourth-order valence-corrected chi connectivity index (χ4v) is 1.58. The number of nitro groups is 1. The SMILES string of the molecule is COc1cc(/C=C(\CO)[N+](=O)[O-])cc2c1OCO2. The number of rotatable bonds is 4. The maximum Gasteiger partial charge on any atom is 0.271 e. The van der Waals surface area contributed by atoms with Crippen LogP contribution in [0.15, 0.2) is 17.8 Å². The first-order valence-electron chi connectivity index (χ1n) is 5.09. The summed E-state index contributed by atoms with van der Waals surface area (Å²) < 4.78 is 15.5. The van der Waals surface area contributed by atoms with Crippen LogP contribution in [0.1, 0.15) is 5.56 Å². The number of nitrogens with zero attached hydrogens (tertiary/aromatic N) is 1. The van der Waals surface area contributed by atoms with E-state index in [-0.39, 0.29) is 12.5 Å². The lowest BCUT2D eigenvalue weighted by Crippen LogP contribution is -2.02. The summed E-state index contributed by atoms with van der Waals surface area (Å²) in [5, 5.41) is 19.5. The molecule has 0 bridgehead atoms. The van der Waals surface area contributed by atoms with Crippen molar-refractivity contribution in [3.63, 3.8) is 0 Å². The van der Waals surface area contributed by atoms with Gasteiger partial charge in [0.2, 0.25) is 12.5 Å². The highest BCUT2D eigenvalue weighted by molar-refractivity contribution is 5.63. The van der Waals surface area contributed by atoms with E-state index in [9.17, 15) is 10.1 Å². The van der Waals surface area contributed by atoms with Crippen molar-refractivity contribution in [2.75, 3.05) is 20.5 Å². The lowest BCUT2D eigenvalue weighted by molar-refractivity contribution is -0.428. The molecule has 18 heavy (non-hydrogen) atoms. The lowest BCUT2D eigenvalue weighted by atomic mass is 10.1. The van der Waals surface area contributed by atoms with Crippen LogP contribution in [0.4, 0.5) is 0 Å². The topological polar surface area (TPSA) is 91.1 Å². The minimum Gasteiger partial charge on any atom is -0.493 e. The first kappa shape index (κ1) is 12.2. The van der Waals surface area contributed by atoms with Crippen molar-refractivity contribution >= 4 is 6.08 Å². The average molecular weight is 253 g/mol. The van der Waals surface area contributed by atoms with Crippen molar-refractivity contribution in [2.45, 2.75) is 0 Å². The smallest absolute Gasteiger partial charge is 0.271 e. The number of hydrogen-bond donors (Lipinski definition) is 1. The standard InChI is InChI=1S/C11H11NO6/c1-16-9-3-7(2-8(5-13)12(14)15)4-10-11(9)18-6-17-10/h2-4,13H,5-6H2,1H3/b8-2+. The summed E-state index contributed by atoms with van der Waals surface area (Å²) in [5.41, 5.74) is 0.188. The zero-order valence-electron chi connectivity index (χ0n) is 9.58. The lowest BCUT2D eigenvalue weighted by Gasteiger charge is -2.05. The number of hydrogen-bond acceptors (Lipinski definition) is 6. The van der Waals surface area contributed by atoms with Gasteiger partial charge in [0.15, 0.2) is 11.5 Å². The maximum absolute atomic E-state index is 10.6. The third-order valence-corrected chi connectivity index (χ3v) is 2.41. The van der Waals surface area contributed by atoms with E-state index in [1.165, 1.54) is 13.2 Å². The Bertz CT molecular complexity index is 511. The molecule has 1 N–H and O–H groups in total. The zero-order chi connectivity index (χ0) is 13.1. The van der Waals surface area contributed by atoms with Crippen LogP contribution >= 0.6 is 0 Å². The summed E-state index contributed by atoms with van der Waals surface area (Å²) in [6, 6.07) is 3.16. The van der Waals surface area contributed by atoms with Crippen LogP contribution in [0.3, 0.4) is 0 Å². The molecule has 1 heterocycles. The van der Waals surface area contributed by atoms with Crippen molar-refractivity contribution in [1.29, 1.82) is 0 Å². The number of fused-ring (bicyclic) bond motifs is 1. The molecule has 0 saturated heterocycles. The van der Waals surface area contributed by atoms with Gasteiger partial charge in [0.25, 0.3) is 5.70 Å². The Labute approximate surface area is 102 Å². The molecule has 0 aromatic heterocycles. The molecule has 1 aliphatic rings. The molecular weight excluding hydrogens is 242 g/mol. The van der Waals surface area contributed by atoms with Crippen molar-refractivity contribution in [1.82, 2.24) is 0 Å². The van der Waals surface area contributed by atoms with Crippen LogP contribution < -0.4 is 14.2 Å². The second kappa shape index (κ2) is 4.92. The molecule has 0 atom stereocenters. The molecule has 1 aromatic carbocycles. The molecule has 0 radical (unpaired) electrons. The summed E-state index contributed by atoms with van der Waals surface area (Å²) >= 11 is 0. The van der Waals surface area contributed by atoms with Gasteiger partial charge in [-0.15, -0.1) is 0 Å². The number of aliphatic hydroxyl groups is 1. The third kappa shape index (κ3) is 2.21. The molecule has 0 aliphatic carbocycles. The molecule has 1 aromatic rings. The van der Waals surface area contributed by atoms with Gasteiger partial charge in [-0.2, -0.15) is 0 Å². The summed E-state index contributed by atoms with van der Waals surface area (Å²) in [6.45, 7) is -0.565. The van der Waals surface area contributed by atoms with E-state index < -0.39 is 11.5 Å². The monoisotopic (exact) mass is 253 g/mol. The largest absolute Gasteiger partial charge is 0.493 e. The van der Waals surface area contributed by atoms with E-state index >= 15 is 0 Å². The summed E-state index contributed by atoms with van der Waals surface area (Å²) in [5.74, 6) is 1.36. The van der Waals surface area contributed by atoms with Crippen molar-refractivity contribution in [2.24, 2.45) is 0 Å². The van der Waals surface area contributed by atoms with Crippen LogP contribution in [0, 0.1) is 10.1 Å². The molecule has 2 rings (SSSR count). The molecule has 96 valence electrons. The van der Waals surface area contributed by atoms with Crippen molar-refractivity contribution in [3.05, 3.63) is 33.5 Å². The second-order valence-electron chi connectivity index (χ2n) is 3.51. The van der Waals surface area contributed by atoms with Gasteiger partial charge < -0.3 is 19.3 Å². The molecule has 0 saturated carbocycles. The van der Waals surface area contributed by atoms with Gasteiger partial charge in [0.05, 0.1) is 12.0 Å². The Morgan fingerprint density at radius 2 is 2.39 bits per heavy atom. The predicted molar refractivity (Wildman–Crippen MR) is 61.2 cm³/mol. The van der Waals surface area contributed by atoms with Crippen LogP contribution in [-0.2, 0) is 0 Å². The van der Waals surface area contributed by atoms with Gasteiger partial charge in [-0.05, 0) is 17.7 Å². The third-order valence-electron chi connectivity index (χ3n) is 2.41. The molecule has 0 amide bonds. The van der Waals surface area contributed by atoms with Gasteiger partial charge in [-0.25, -0.2) is 0 Å². The quantitative estimate of drug-likeness (QED) is 0.636. The Kier molecular flexibility index (Phi) is 3.33. The van der Waals surface area contributed by atoms with Crippen LogP contribution in [0.2, 0.25) is 0 Å². The molecule has 0 fully saturated rings. The number of benzene rings is 1. The maximum atomic E-state index is 10.6. The van der Waals surface area contributed by atoms with E-state index in [0.717, 1.165) is 0 Å². The second-order valence-corrected chi connectivity index (χ2v) is 3.51. The summed E-state index contributed by atoms with van der Waals surface area (Å²) in [6.07, 6.45) is 1.25. The number of methoxy groups -OCH3 is 1. The Morgan fingerprint density at radius 1 is 1.61 bits per heavy atom. The number of aliphatic hydroxyl groups excluding tert-OH is 1. The van der Waals surface area contributed by atoms with E-state index in [2.05, 4.69) is 0 Å². The molecule has 7 heteroatoms. The first-order chi connectivity index (χ1) is 8.65. The van der Waals surface area contributed by atoms with Crippen molar-refractivity contribution in [3.8, 4) is 17.2 Å². The molecule has 0 spiro atoms. The Balaban J connectivity index is 2.44. The number of ether oxygens (including phenoxy) is 3. The van der Waals surface area contributed by atoms with E-state index in [4.69, 9.17) is 19.3 Å². The summed E-state index contributed by atoms with van der Waals surface area (Å²) in [4.78, 5) is 9.97. The van der Waals surface area contributed by atoms with E-state index in [0.29, 0.717) is 22.8 Å². The molecule has 0 unspecified atom stereocenters. The highest BCUT2D eigenvalue weighted by Gasteiger charge is 2.20. The van der Waals surface area contributed by atoms with Gasteiger partial charge in [0.1, 0.15) is 6.61 Å². The average Bonchev–Trinajstić information content (AvgIpc) is 2.82. The predicted octanol–water partition coefficient (Wildman–Crippen LogP) is 1.03. The summed E-state index contributed by atoms with van der Waals surface area (Å²) in [7, 11) is 1.46. The van der Waals surface area contributed by atoms with Gasteiger partial charge in [-0.3, -0.25) is 10.1 Å². The van der Waals surface area contributed by atoms with Crippen LogP contribution in [0.25, 0.3) is 6.08 Å². The van der Waals surface area contributed by atoms with Crippen LogP contribution in [0.5, 0.6) is 17.2 Å². The Hall–Kier alpha value is -2.28. The minimum absolute atomic E-state index is 0.0843. The minimum atomic E-state index is -0.649. The van der Waals surface area contributed by atoms with Gasteiger partial charge in [0, 0.05) is 6.08 Å². The van der Waals surface area contributed by atoms with E-state index in [1.54, 1.807) is 12.1 Å². The van der Waals surface area contributed by atoms with Gasteiger partial charge >= 0.3 is 0 Å². The highest BCUT2D eigenvalue weighted by Crippen LogP contribution is 2.42. The molecule has 7 nitrogen and oxygen atoms in total. The Morgan fingerprint density at radius 3 is 3.00 bits per heavy atom. The van der Waals surface area contributed by atoms with E-state index in [1.807, 2.05) is 0 Å². The highest BCUT2D eigenvalue weighted by atomic mass is 16.7. The fourth-order valence-electron chi connectivity index (χ4n) is 1.58. The van der Waals surface area contributed by atoms with Crippen molar-refractivity contribution < 1.29 is 24.2 Å². The van der Waals surface area contributed by atoms with Crippen LogP contribution in [-0.4, -0.2) is 30.5 Å². The zero-order valence-corrected chi connectivity index (χ0v) is 9.58. The first-order valence-corrected chi connectivity index (χ1v) is 5.09. The molecule has 1 aliphatic heterocycles. The van der Waals surface area contributed by atoms with Gasteiger partial charge in [-0.1, -0.05) is 0 Å².